The molecule has 0 amide bonds. The zero-order chi connectivity index (χ0) is 12.4. The predicted molar refractivity (Wildman–Crippen MR) is 77.6 cm³/mol. The van der Waals surface area contributed by atoms with Crippen LogP contribution in [0.3, 0.4) is 0 Å². The van der Waals surface area contributed by atoms with E-state index in [0.717, 1.165) is 20.6 Å². The van der Waals surface area contributed by atoms with Crippen molar-refractivity contribution >= 4 is 40.2 Å². The van der Waals surface area contributed by atoms with Gasteiger partial charge in [-0.05, 0) is 43.7 Å². The quantitative estimate of drug-likeness (QED) is 0.781. The molecule has 2 aromatic rings. The van der Waals surface area contributed by atoms with E-state index in [0.29, 0.717) is 0 Å². The van der Waals surface area contributed by atoms with Crippen LogP contribution in [0.15, 0.2) is 30.3 Å². The fourth-order valence-corrected chi connectivity index (χ4v) is 2.81. The number of benzene rings is 1. The summed E-state index contributed by atoms with van der Waals surface area (Å²) in [6.45, 7) is 4.10. The minimum atomic E-state index is 0.228. The van der Waals surface area contributed by atoms with Crippen molar-refractivity contribution in [3.63, 3.8) is 0 Å². The summed E-state index contributed by atoms with van der Waals surface area (Å²) in [5.41, 5.74) is 2.11. The summed E-state index contributed by atoms with van der Waals surface area (Å²) >= 11 is 13.6. The maximum atomic E-state index is 6.09. The Balaban J connectivity index is 2.12. The number of hydrogen-bond donors (Lipinski definition) is 1. The molecule has 0 aliphatic heterocycles. The van der Waals surface area contributed by atoms with Gasteiger partial charge in [-0.1, -0.05) is 29.3 Å². The highest BCUT2D eigenvalue weighted by Crippen LogP contribution is 2.30. The molecule has 1 nitrogen and oxygen atoms in total. The van der Waals surface area contributed by atoms with Gasteiger partial charge in [0.05, 0.1) is 10.4 Å². The van der Waals surface area contributed by atoms with Crippen LogP contribution < -0.4 is 5.32 Å². The monoisotopic (exact) mass is 285 g/mol. The molecule has 0 fully saturated rings. The van der Waals surface area contributed by atoms with Crippen molar-refractivity contribution in [2.75, 3.05) is 5.32 Å². The second-order valence-electron chi connectivity index (χ2n) is 3.97. The van der Waals surface area contributed by atoms with Gasteiger partial charge in [0.25, 0.3) is 0 Å². The summed E-state index contributed by atoms with van der Waals surface area (Å²) in [5, 5.41) is 4.19. The maximum Gasteiger partial charge on any atom is 0.0932 e. The van der Waals surface area contributed by atoms with E-state index in [1.54, 1.807) is 11.3 Å². The topological polar surface area (TPSA) is 12.0 Å². The number of halogens is 2. The largest absolute Gasteiger partial charge is 0.378 e. The van der Waals surface area contributed by atoms with E-state index in [9.17, 15) is 0 Å². The molecule has 1 aromatic heterocycles. The lowest BCUT2D eigenvalue weighted by Crippen LogP contribution is -2.04. The summed E-state index contributed by atoms with van der Waals surface area (Å²) in [4.78, 5) is 1.21. The molecule has 0 aliphatic rings. The zero-order valence-electron chi connectivity index (χ0n) is 9.63. The van der Waals surface area contributed by atoms with E-state index in [1.807, 2.05) is 37.3 Å². The number of rotatable bonds is 3. The SMILES string of the molecule is Cc1ccc(NC(C)c2ccc(Cl)s2)cc1Cl. The van der Waals surface area contributed by atoms with Crippen LogP contribution in [0.25, 0.3) is 0 Å². The molecule has 17 heavy (non-hydrogen) atoms. The third-order valence-electron chi connectivity index (χ3n) is 2.58. The molecule has 1 unspecified atom stereocenters. The fourth-order valence-electron chi connectivity index (χ4n) is 1.56. The highest BCUT2D eigenvalue weighted by atomic mass is 35.5. The van der Waals surface area contributed by atoms with E-state index < -0.39 is 0 Å². The van der Waals surface area contributed by atoms with Crippen molar-refractivity contribution in [1.29, 1.82) is 0 Å². The molecule has 1 heterocycles. The van der Waals surface area contributed by atoms with Gasteiger partial charge in [0, 0.05) is 15.6 Å². The lowest BCUT2D eigenvalue weighted by molar-refractivity contribution is 0.908. The Bertz CT molecular complexity index is 522. The summed E-state index contributed by atoms with van der Waals surface area (Å²) < 4.78 is 0.815. The van der Waals surface area contributed by atoms with Gasteiger partial charge in [0.15, 0.2) is 0 Å². The van der Waals surface area contributed by atoms with E-state index >= 15 is 0 Å². The van der Waals surface area contributed by atoms with E-state index in [-0.39, 0.29) is 6.04 Å². The van der Waals surface area contributed by atoms with Crippen LogP contribution >= 0.6 is 34.5 Å². The highest BCUT2D eigenvalue weighted by molar-refractivity contribution is 7.16. The zero-order valence-corrected chi connectivity index (χ0v) is 12.0. The molecule has 1 aromatic carbocycles. The lowest BCUT2D eigenvalue weighted by Gasteiger charge is -2.14. The van der Waals surface area contributed by atoms with E-state index in [2.05, 4.69) is 12.2 Å². The fraction of sp³-hybridized carbons (Fsp3) is 0.231. The Labute approximate surface area is 115 Å². The molecule has 0 saturated carbocycles. The third-order valence-corrected chi connectivity index (χ3v) is 4.40. The number of anilines is 1. The van der Waals surface area contributed by atoms with Crippen molar-refractivity contribution in [3.05, 3.63) is 50.1 Å². The first kappa shape index (κ1) is 12.7. The van der Waals surface area contributed by atoms with Crippen molar-refractivity contribution in [1.82, 2.24) is 0 Å². The van der Waals surface area contributed by atoms with E-state index in [1.165, 1.54) is 4.88 Å². The van der Waals surface area contributed by atoms with Gasteiger partial charge < -0.3 is 5.32 Å². The summed E-state index contributed by atoms with van der Waals surface area (Å²) in [5.74, 6) is 0. The lowest BCUT2D eigenvalue weighted by atomic mass is 10.2. The second-order valence-corrected chi connectivity index (χ2v) is 6.13. The molecule has 2 rings (SSSR count). The van der Waals surface area contributed by atoms with Gasteiger partial charge in [-0.2, -0.15) is 0 Å². The molecule has 1 atom stereocenters. The average molecular weight is 286 g/mol. The third kappa shape index (κ3) is 3.15. The maximum absolute atomic E-state index is 6.09. The molecule has 1 N–H and O–H groups in total. The van der Waals surface area contributed by atoms with Crippen molar-refractivity contribution in [3.8, 4) is 0 Å². The van der Waals surface area contributed by atoms with Crippen LogP contribution in [-0.4, -0.2) is 0 Å². The Kier molecular flexibility index (Phi) is 3.97. The van der Waals surface area contributed by atoms with Gasteiger partial charge in [-0.25, -0.2) is 0 Å². The molecule has 0 spiro atoms. The Morgan fingerprint density at radius 3 is 2.53 bits per heavy atom. The van der Waals surface area contributed by atoms with Crippen LogP contribution in [0.5, 0.6) is 0 Å². The Morgan fingerprint density at radius 2 is 1.94 bits per heavy atom. The van der Waals surface area contributed by atoms with Crippen LogP contribution in [0, 0.1) is 6.92 Å². The van der Waals surface area contributed by atoms with E-state index in [4.69, 9.17) is 23.2 Å². The standard InChI is InChI=1S/C13H13Cl2NS/c1-8-3-4-10(7-11(8)14)16-9(2)12-5-6-13(15)17-12/h3-7,9,16H,1-2H3. The van der Waals surface area contributed by atoms with Crippen molar-refractivity contribution in [2.24, 2.45) is 0 Å². The normalized spacial score (nSPS) is 12.5. The van der Waals surface area contributed by atoms with Gasteiger partial charge >= 0.3 is 0 Å². The predicted octanol–water partition coefficient (Wildman–Crippen LogP) is 5.54. The van der Waals surface area contributed by atoms with Crippen LogP contribution in [0.2, 0.25) is 9.36 Å². The summed E-state index contributed by atoms with van der Waals surface area (Å²) in [6, 6.07) is 10.2. The van der Waals surface area contributed by atoms with Crippen LogP contribution in [-0.2, 0) is 0 Å². The number of hydrogen-bond acceptors (Lipinski definition) is 2. The molecule has 90 valence electrons. The van der Waals surface area contributed by atoms with Crippen LogP contribution in [0.4, 0.5) is 5.69 Å². The molecule has 4 heteroatoms. The number of thiophene rings is 1. The molecule has 0 bridgehead atoms. The van der Waals surface area contributed by atoms with Gasteiger partial charge in [0.2, 0.25) is 0 Å². The number of nitrogens with one attached hydrogen (secondary N) is 1. The minimum Gasteiger partial charge on any atom is -0.378 e. The smallest absolute Gasteiger partial charge is 0.0932 e. The van der Waals surface area contributed by atoms with Crippen molar-refractivity contribution < 1.29 is 0 Å². The van der Waals surface area contributed by atoms with Gasteiger partial charge in [0.1, 0.15) is 0 Å². The first-order valence-corrected chi connectivity index (χ1v) is 6.91. The minimum absolute atomic E-state index is 0.228. The molecular weight excluding hydrogens is 273 g/mol. The molecule has 0 aliphatic carbocycles. The summed E-state index contributed by atoms with van der Waals surface area (Å²) in [6.07, 6.45) is 0. The highest BCUT2D eigenvalue weighted by Gasteiger charge is 2.08. The number of aryl methyl sites for hydroxylation is 1. The first-order valence-electron chi connectivity index (χ1n) is 5.34. The van der Waals surface area contributed by atoms with Gasteiger partial charge in [-0.15, -0.1) is 11.3 Å². The van der Waals surface area contributed by atoms with Gasteiger partial charge in [-0.3, -0.25) is 0 Å². The Morgan fingerprint density at radius 1 is 1.18 bits per heavy atom. The summed E-state index contributed by atoms with van der Waals surface area (Å²) in [7, 11) is 0. The second kappa shape index (κ2) is 5.30. The first-order chi connectivity index (χ1) is 8.06. The van der Waals surface area contributed by atoms with Crippen LogP contribution in [0.1, 0.15) is 23.4 Å². The average Bonchev–Trinajstić information content (AvgIpc) is 2.70. The Hall–Kier alpha value is -0.700. The molecule has 0 radical (unpaired) electrons. The molecular formula is C13H13Cl2NS. The molecule has 0 saturated heterocycles. The van der Waals surface area contributed by atoms with Crippen molar-refractivity contribution in [2.45, 2.75) is 19.9 Å².